The van der Waals surface area contributed by atoms with Crippen LogP contribution in [-0.4, -0.2) is 89.2 Å². The normalized spacial score (nSPS) is 16.3. The maximum Gasteiger partial charge on any atom is 0.490 e. The molecule has 0 radical (unpaired) electrons. The molecule has 3 aromatic heterocycles. The molecule has 2 N–H and O–H groups in total. The van der Waals surface area contributed by atoms with Crippen LogP contribution in [0.4, 0.5) is 26.3 Å². The lowest BCUT2D eigenvalue weighted by atomic mass is 9.83. The van der Waals surface area contributed by atoms with Crippen molar-refractivity contribution >= 4 is 29.2 Å². The van der Waals surface area contributed by atoms with Gasteiger partial charge in [-0.1, -0.05) is 0 Å². The van der Waals surface area contributed by atoms with E-state index in [0.29, 0.717) is 0 Å². The first kappa shape index (κ1) is 34.6. The number of hydrogen-bond acceptors (Lipinski definition) is 7. The van der Waals surface area contributed by atoms with E-state index < -0.39 is 24.3 Å². The van der Waals surface area contributed by atoms with Gasteiger partial charge in [0.15, 0.2) is 0 Å². The van der Waals surface area contributed by atoms with E-state index in [1.165, 1.54) is 9.75 Å². The number of imidazole rings is 1. The Bertz CT molecular complexity index is 1450. The number of carboxylic acids is 2. The Morgan fingerprint density at radius 3 is 1.95 bits per heavy atom. The molecule has 18 heteroatoms. The number of carboxylic acid groups (broad SMARTS) is 2. The maximum atomic E-state index is 12.6. The topological polar surface area (TPSA) is 134 Å². The van der Waals surface area contributed by atoms with E-state index in [1.807, 2.05) is 41.7 Å². The number of carbonyl (C=O) groups excluding carboxylic acids is 1. The number of likely N-dealkylation sites (tertiary alicyclic amines) is 1. The predicted molar refractivity (Wildman–Crippen MR) is 144 cm³/mol. The van der Waals surface area contributed by atoms with Gasteiger partial charge in [-0.15, -0.1) is 11.3 Å². The zero-order chi connectivity index (χ0) is 33.0. The third kappa shape index (κ3) is 8.16. The molecule has 3 aromatic rings. The number of fused-ring (bicyclic) bond motifs is 2. The molecule has 44 heavy (non-hydrogen) atoms. The van der Waals surface area contributed by atoms with Crippen molar-refractivity contribution in [3.63, 3.8) is 0 Å². The van der Waals surface area contributed by atoms with Gasteiger partial charge in [0.1, 0.15) is 11.4 Å². The summed E-state index contributed by atoms with van der Waals surface area (Å²) < 4.78 is 67.6. The zero-order valence-corrected chi connectivity index (χ0v) is 24.6. The molecule has 2 aliphatic heterocycles. The summed E-state index contributed by atoms with van der Waals surface area (Å²) in [5, 5.41) is 18.6. The highest BCUT2D eigenvalue weighted by Crippen LogP contribution is 2.42. The van der Waals surface area contributed by atoms with Gasteiger partial charge in [-0.05, 0) is 31.9 Å². The SMILES string of the molecule is CC(=O)N1CCn2c(-c3cnn(C)c3)cnc2C12CCN(Cc1ccc(C)s1)CC2.O=C(O)C(F)(F)F.O=C(O)C(F)(F)F. The summed E-state index contributed by atoms with van der Waals surface area (Å²) in [4.78, 5) is 42.6. The highest BCUT2D eigenvalue weighted by Gasteiger charge is 2.48. The summed E-state index contributed by atoms with van der Waals surface area (Å²) in [6, 6.07) is 4.43. The summed E-state index contributed by atoms with van der Waals surface area (Å²) in [7, 11) is 1.93. The average Bonchev–Trinajstić information content (AvgIpc) is 3.65. The summed E-state index contributed by atoms with van der Waals surface area (Å²) in [5.74, 6) is -4.33. The molecule has 242 valence electrons. The summed E-state index contributed by atoms with van der Waals surface area (Å²) in [6.45, 7) is 8.29. The first-order valence-electron chi connectivity index (χ1n) is 13.1. The number of carbonyl (C=O) groups is 3. The van der Waals surface area contributed by atoms with Crippen LogP contribution in [0.15, 0.2) is 30.7 Å². The van der Waals surface area contributed by atoms with Crippen molar-refractivity contribution in [1.29, 1.82) is 0 Å². The zero-order valence-electron chi connectivity index (χ0n) is 23.8. The number of rotatable bonds is 3. The van der Waals surface area contributed by atoms with E-state index in [9.17, 15) is 31.1 Å². The molecule has 0 aliphatic carbocycles. The minimum atomic E-state index is -5.08. The number of aliphatic carboxylic acids is 2. The van der Waals surface area contributed by atoms with Gasteiger partial charge in [-0.3, -0.25) is 14.4 Å². The van der Waals surface area contributed by atoms with Crippen LogP contribution in [0.3, 0.4) is 0 Å². The summed E-state index contributed by atoms with van der Waals surface area (Å²) in [5.41, 5.74) is 1.86. The summed E-state index contributed by atoms with van der Waals surface area (Å²) in [6.07, 6.45) is -2.46. The van der Waals surface area contributed by atoms with Crippen LogP contribution < -0.4 is 0 Å². The first-order valence-corrected chi connectivity index (χ1v) is 13.9. The van der Waals surface area contributed by atoms with Crippen LogP contribution in [0, 0.1) is 6.92 Å². The fourth-order valence-electron chi connectivity index (χ4n) is 5.12. The minimum absolute atomic E-state index is 0.148. The molecule has 5 heterocycles. The van der Waals surface area contributed by atoms with E-state index >= 15 is 0 Å². The van der Waals surface area contributed by atoms with Crippen molar-refractivity contribution in [2.45, 2.75) is 57.7 Å². The monoisotopic (exact) mass is 652 g/mol. The second-order valence-electron chi connectivity index (χ2n) is 10.1. The Balaban J connectivity index is 0.000000317. The number of halogens is 6. The Labute approximate surface area is 251 Å². The molecule has 0 atom stereocenters. The van der Waals surface area contributed by atoms with E-state index in [1.54, 1.807) is 6.92 Å². The number of aromatic nitrogens is 4. The maximum absolute atomic E-state index is 12.6. The molecule has 1 amide bonds. The first-order chi connectivity index (χ1) is 20.3. The molecule has 0 aromatic carbocycles. The van der Waals surface area contributed by atoms with Crippen LogP contribution in [-0.2, 0) is 40.1 Å². The Kier molecular flexibility index (Phi) is 10.5. The lowest BCUT2D eigenvalue weighted by Crippen LogP contribution is -2.59. The Morgan fingerprint density at radius 1 is 0.955 bits per heavy atom. The van der Waals surface area contributed by atoms with Crippen LogP contribution in [0.25, 0.3) is 11.3 Å². The fraction of sp³-hybridized carbons (Fsp3) is 0.500. The van der Waals surface area contributed by atoms with Crippen molar-refractivity contribution in [2.75, 3.05) is 19.6 Å². The fourth-order valence-corrected chi connectivity index (χ4v) is 6.05. The molecular weight excluding hydrogens is 622 g/mol. The molecule has 0 saturated carbocycles. The van der Waals surface area contributed by atoms with Crippen molar-refractivity contribution < 1.29 is 50.9 Å². The van der Waals surface area contributed by atoms with Crippen LogP contribution >= 0.6 is 11.3 Å². The molecule has 2 aliphatic rings. The van der Waals surface area contributed by atoms with Gasteiger partial charge in [0.05, 0.1) is 18.1 Å². The van der Waals surface area contributed by atoms with Gasteiger partial charge in [-0.25, -0.2) is 14.6 Å². The van der Waals surface area contributed by atoms with Crippen molar-refractivity contribution in [3.8, 4) is 11.3 Å². The third-order valence-corrected chi connectivity index (χ3v) is 8.05. The molecule has 1 fully saturated rings. The van der Waals surface area contributed by atoms with Crippen LogP contribution in [0.2, 0.25) is 0 Å². The van der Waals surface area contributed by atoms with Gasteiger partial charge in [0.2, 0.25) is 5.91 Å². The number of nitrogens with zero attached hydrogens (tertiary/aromatic N) is 6. The van der Waals surface area contributed by atoms with Crippen LogP contribution in [0.5, 0.6) is 0 Å². The number of amides is 1. The molecule has 0 bridgehead atoms. The molecule has 1 saturated heterocycles. The molecule has 1 spiro atoms. The lowest BCUT2D eigenvalue weighted by Gasteiger charge is -2.50. The molecule has 11 nitrogen and oxygen atoms in total. The van der Waals surface area contributed by atoms with Gasteiger partial charge < -0.3 is 19.7 Å². The van der Waals surface area contributed by atoms with Crippen molar-refractivity contribution in [2.24, 2.45) is 7.05 Å². The summed E-state index contributed by atoms with van der Waals surface area (Å²) >= 11 is 1.87. The second-order valence-corrected chi connectivity index (χ2v) is 11.5. The quantitative estimate of drug-likeness (QED) is 0.401. The average molecular weight is 653 g/mol. The van der Waals surface area contributed by atoms with Gasteiger partial charge in [0, 0.05) is 68.2 Å². The smallest absolute Gasteiger partial charge is 0.475 e. The van der Waals surface area contributed by atoms with Crippen LogP contribution in [0.1, 0.15) is 35.3 Å². The molecule has 0 unspecified atom stereocenters. The lowest BCUT2D eigenvalue weighted by molar-refractivity contribution is -0.193. The highest BCUT2D eigenvalue weighted by atomic mass is 32.1. The second kappa shape index (κ2) is 13.4. The number of alkyl halides is 6. The van der Waals surface area contributed by atoms with E-state index in [-0.39, 0.29) is 11.4 Å². The van der Waals surface area contributed by atoms with Gasteiger partial charge in [-0.2, -0.15) is 31.4 Å². The van der Waals surface area contributed by atoms with E-state index in [4.69, 9.17) is 24.8 Å². The van der Waals surface area contributed by atoms with Crippen molar-refractivity contribution in [1.82, 2.24) is 29.1 Å². The van der Waals surface area contributed by atoms with Crippen molar-refractivity contribution in [3.05, 3.63) is 46.3 Å². The number of piperidine rings is 1. The Morgan fingerprint density at radius 2 is 1.52 bits per heavy atom. The highest BCUT2D eigenvalue weighted by molar-refractivity contribution is 7.11. The molecule has 5 rings (SSSR count). The van der Waals surface area contributed by atoms with E-state index in [2.05, 4.69) is 38.5 Å². The van der Waals surface area contributed by atoms with Gasteiger partial charge >= 0.3 is 24.3 Å². The third-order valence-electron chi connectivity index (χ3n) is 7.06. The predicted octanol–water partition coefficient (Wildman–Crippen LogP) is 4.27. The largest absolute Gasteiger partial charge is 0.490 e. The standard InChI is InChI=1S/C22H28N6OS.2C2HF3O2/c1-16-4-5-19(30-16)15-26-8-6-22(7-9-26)21-23-13-20(18-12-24-25(3)14-18)27(21)10-11-28(22)17(2)29;2*3-2(4,5)1(6)7/h4-5,12-14H,6-11,15H2,1-3H3;2*(H,6,7). The number of aryl methyl sites for hydroxylation is 2. The van der Waals surface area contributed by atoms with Gasteiger partial charge in [0.25, 0.3) is 0 Å². The van der Waals surface area contributed by atoms with E-state index in [0.717, 1.165) is 62.6 Å². The number of hydrogen-bond donors (Lipinski definition) is 2. The molecular formula is C26H30F6N6O5S. The Hall–Kier alpha value is -3.93. The minimum Gasteiger partial charge on any atom is -0.475 e. The number of thiophene rings is 1.